The zero-order valence-corrected chi connectivity index (χ0v) is 20.9. The van der Waals surface area contributed by atoms with Gasteiger partial charge in [0.1, 0.15) is 11.3 Å². The summed E-state index contributed by atoms with van der Waals surface area (Å²) in [7, 11) is 0. The Labute approximate surface area is 208 Å². The number of carbonyl (C=O) groups excluding carboxylic acids is 1. The minimum Gasteiger partial charge on any atom is -0.444 e. The normalized spacial score (nSPS) is 16.5. The molecule has 2 aromatic rings. The van der Waals surface area contributed by atoms with E-state index in [-0.39, 0.29) is 37.5 Å². The maximum atomic E-state index is 14.5. The molecule has 3 rings (SSSR count). The van der Waals surface area contributed by atoms with Gasteiger partial charge in [0.2, 0.25) is 0 Å². The third-order valence-corrected chi connectivity index (χ3v) is 6.13. The van der Waals surface area contributed by atoms with Crippen molar-refractivity contribution in [3.05, 3.63) is 68.8 Å². The number of nitrogens with one attached hydrogen (secondary N) is 1. The van der Waals surface area contributed by atoms with Gasteiger partial charge >= 0.3 is 12.3 Å². The number of nitro groups is 1. The highest BCUT2D eigenvalue weighted by molar-refractivity contribution is 5.72. The quantitative estimate of drug-likeness (QED) is 0.369. The van der Waals surface area contributed by atoms with E-state index in [9.17, 15) is 28.1 Å². The maximum absolute atomic E-state index is 14.5. The number of carbonyl (C=O) groups is 1. The number of alkyl carbamates (subject to hydrolysis) is 1. The first kappa shape index (κ1) is 27.3. The average Bonchev–Trinajstić information content (AvgIpc) is 2.77. The van der Waals surface area contributed by atoms with Crippen molar-refractivity contribution >= 4 is 17.5 Å². The van der Waals surface area contributed by atoms with Gasteiger partial charge in [0, 0.05) is 25.7 Å². The molecular weight excluding hydrogens is 475 g/mol. The Morgan fingerprint density at radius 1 is 1.17 bits per heavy atom. The predicted molar refractivity (Wildman–Crippen MR) is 131 cm³/mol. The van der Waals surface area contributed by atoms with Crippen molar-refractivity contribution < 1.29 is 27.6 Å². The van der Waals surface area contributed by atoms with E-state index in [4.69, 9.17) is 4.74 Å². The van der Waals surface area contributed by atoms with Crippen LogP contribution in [0.4, 0.5) is 29.3 Å². The van der Waals surface area contributed by atoms with Crippen molar-refractivity contribution in [3.8, 4) is 0 Å². The summed E-state index contributed by atoms with van der Waals surface area (Å²) in [6.07, 6.45) is -4.19. The van der Waals surface area contributed by atoms with Crippen molar-refractivity contribution in [1.29, 1.82) is 0 Å². The van der Waals surface area contributed by atoms with Gasteiger partial charge in [0.15, 0.2) is 0 Å². The molecule has 0 unspecified atom stereocenters. The predicted octanol–water partition coefficient (Wildman–Crippen LogP) is 6.25. The molecule has 2 aromatic carbocycles. The fraction of sp³-hybridized carbons (Fsp3) is 0.500. The minimum absolute atomic E-state index is 0.00395. The van der Waals surface area contributed by atoms with Crippen LogP contribution in [-0.2, 0) is 17.3 Å². The van der Waals surface area contributed by atoms with Crippen LogP contribution in [0.5, 0.6) is 0 Å². The zero-order chi connectivity index (χ0) is 26.7. The van der Waals surface area contributed by atoms with Crippen LogP contribution in [0.15, 0.2) is 36.4 Å². The molecule has 1 N–H and O–H groups in total. The van der Waals surface area contributed by atoms with E-state index < -0.39 is 39.7 Å². The number of hydrogen-bond donors (Lipinski definition) is 1. The van der Waals surface area contributed by atoms with E-state index in [1.807, 2.05) is 19.1 Å². The van der Waals surface area contributed by atoms with Crippen LogP contribution < -0.4 is 10.2 Å². The number of halogens is 3. The maximum Gasteiger partial charge on any atom is 0.418 e. The molecule has 1 fully saturated rings. The SMILES string of the molecule is Cc1ccccc1Cc1ccc([N+](=O)[O-])c(N2CCC[C@@H](CNC(=O)OC(C)(C)C)C2)c1C(F)(F)F. The molecule has 1 heterocycles. The fourth-order valence-electron chi connectivity index (χ4n) is 4.54. The van der Waals surface area contributed by atoms with Crippen molar-refractivity contribution in [1.82, 2.24) is 5.32 Å². The number of benzene rings is 2. The molecule has 0 aromatic heterocycles. The van der Waals surface area contributed by atoms with Crippen LogP contribution in [0, 0.1) is 23.0 Å². The summed E-state index contributed by atoms with van der Waals surface area (Å²) in [4.78, 5) is 24.6. The number of hydrogen-bond acceptors (Lipinski definition) is 5. The van der Waals surface area contributed by atoms with Gasteiger partial charge in [0.25, 0.3) is 5.69 Å². The van der Waals surface area contributed by atoms with Crippen LogP contribution in [0.1, 0.15) is 55.9 Å². The Kier molecular flexibility index (Phi) is 8.15. The fourth-order valence-corrected chi connectivity index (χ4v) is 4.54. The number of anilines is 1. The Morgan fingerprint density at radius 3 is 2.47 bits per heavy atom. The van der Waals surface area contributed by atoms with Crippen LogP contribution >= 0.6 is 0 Å². The Balaban J connectivity index is 1.96. The number of amides is 1. The second-order valence-corrected chi connectivity index (χ2v) is 10.2. The van der Waals surface area contributed by atoms with E-state index in [1.54, 1.807) is 32.9 Å². The lowest BCUT2D eigenvalue weighted by molar-refractivity contribution is -0.384. The molecule has 10 heteroatoms. The van der Waals surface area contributed by atoms with E-state index >= 15 is 0 Å². The largest absolute Gasteiger partial charge is 0.444 e. The number of alkyl halides is 3. The highest BCUT2D eigenvalue weighted by atomic mass is 19.4. The van der Waals surface area contributed by atoms with Crippen LogP contribution in [-0.4, -0.2) is 36.3 Å². The number of ether oxygens (including phenoxy) is 1. The van der Waals surface area contributed by atoms with Gasteiger partial charge in [-0.05, 0) is 69.6 Å². The highest BCUT2D eigenvalue weighted by Crippen LogP contribution is 2.45. The molecule has 1 amide bonds. The summed E-state index contributed by atoms with van der Waals surface area (Å²) in [5.41, 5.74) is -1.07. The van der Waals surface area contributed by atoms with Gasteiger partial charge in [-0.3, -0.25) is 10.1 Å². The molecule has 1 saturated heterocycles. The lowest BCUT2D eigenvalue weighted by Crippen LogP contribution is -2.43. The molecule has 0 bridgehead atoms. The first-order chi connectivity index (χ1) is 16.8. The molecule has 0 spiro atoms. The smallest absolute Gasteiger partial charge is 0.418 e. The lowest BCUT2D eigenvalue weighted by Gasteiger charge is -2.36. The molecule has 0 aliphatic carbocycles. The number of aryl methyl sites for hydroxylation is 1. The molecule has 0 saturated carbocycles. The number of rotatable bonds is 6. The highest BCUT2D eigenvalue weighted by Gasteiger charge is 2.42. The van der Waals surface area contributed by atoms with Gasteiger partial charge < -0.3 is 15.0 Å². The molecule has 1 aliphatic rings. The first-order valence-electron chi connectivity index (χ1n) is 11.9. The van der Waals surface area contributed by atoms with Gasteiger partial charge in [-0.15, -0.1) is 0 Å². The number of piperidine rings is 1. The monoisotopic (exact) mass is 507 g/mol. The van der Waals surface area contributed by atoms with Crippen LogP contribution in [0.2, 0.25) is 0 Å². The summed E-state index contributed by atoms with van der Waals surface area (Å²) < 4.78 is 48.7. The lowest BCUT2D eigenvalue weighted by atomic mass is 9.92. The van der Waals surface area contributed by atoms with Crippen LogP contribution in [0.25, 0.3) is 0 Å². The van der Waals surface area contributed by atoms with Gasteiger partial charge in [-0.1, -0.05) is 30.3 Å². The third-order valence-electron chi connectivity index (χ3n) is 6.13. The van der Waals surface area contributed by atoms with Crippen molar-refractivity contribution in [2.45, 2.75) is 58.7 Å². The minimum atomic E-state index is -4.79. The van der Waals surface area contributed by atoms with Gasteiger partial charge in [0.05, 0.1) is 10.5 Å². The van der Waals surface area contributed by atoms with E-state index in [0.717, 1.165) is 11.1 Å². The summed E-state index contributed by atoms with van der Waals surface area (Å²) in [6.45, 7) is 7.61. The molecule has 1 aliphatic heterocycles. The second-order valence-electron chi connectivity index (χ2n) is 10.2. The van der Waals surface area contributed by atoms with Gasteiger partial charge in [-0.25, -0.2) is 4.79 Å². The van der Waals surface area contributed by atoms with Crippen molar-refractivity contribution in [3.63, 3.8) is 0 Å². The summed E-state index contributed by atoms with van der Waals surface area (Å²) in [6, 6.07) is 9.53. The Hall–Kier alpha value is -3.30. The summed E-state index contributed by atoms with van der Waals surface area (Å²) in [5, 5.41) is 14.5. The zero-order valence-electron chi connectivity index (χ0n) is 20.9. The Morgan fingerprint density at radius 2 is 1.86 bits per heavy atom. The number of nitrogens with zero attached hydrogens (tertiary/aromatic N) is 2. The molecule has 7 nitrogen and oxygen atoms in total. The molecule has 0 radical (unpaired) electrons. The molecular formula is C26H32F3N3O4. The van der Waals surface area contributed by atoms with E-state index in [1.165, 1.54) is 17.0 Å². The first-order valence-corrected chi connectivity index (χ1v) is 11.9. The van der Waals surface area contributed by atoms with Crippen molar-refractivity contribution in [2.75, 3.05) is 24.5 Å². The van der Waals surface area contributed by atoms with E-state index in [2.05, 4.69) is 5.32 Å². The summed E-state index contributed by atoms with van der Waals surface area (Å²) >= 11 is 0. The second kappa shape index (κ2) is 10.8. The molecule has 196 valence electrons. The Bertz CT molecular complexity index is 1110. The average molecular weight is 508 g/mol. The van der Waals surface area contributed by atoms with Crippen molar-refractivity contribution in [2.24, 2.45) is 5.92 Å². The number of nitro benzene ring substituents is 1. The van der Waals surface area contributed by atoms with Crippen LogP contribution in [0.3, 0.4) is 0 Å². The topological polar surface area (TPSA) is 84.7 Å². The van der Waals surface area contributed by atoms with Gasteiger partial charge in [-0.2, -0.15) is 13.2 Å². The standard InChI is InChI=1S/C26H32F3N3O4/c1-17-8-5-6-10-19(17)14-20-11-12-21(32(34)35)23(22(20)26(27,28)29)31-13-7-9-18(16-31)15-30-24(33)36-25(2,3)4/h5-6,8,10-12,18H,7,9,13-16H2,1-4H3,(H,30,33)/t18-/m0/s1. The van der Waals surface area contributed by atoms with E-state index in [0.29, 0.717) is 12.8 Å². The summed E-state index contributed by atoms with van der Waals surface area (Å²) in [5.74, 6) is -0.188. The molecule has 36 heavy (non-hydrogen) atoms. The molecule has 1 atom stereocenters. The third kappa shape index (κ3) is 6.89.